The molecular weight excluding hydrogens is 398 g/mol. The molecule has 0 unspecified atom stereocenters. The Morgan fingerprint density at radius 3 is 2.87 bits per heavy atom. The van der Waals surface area contributed by atoms with Gasteiger partial charge < -0.3 is 9.73 Å². The van der Waals surface area contributed by atoms with Crippen LogP contribution in [0.3, 0.4) is 0 Å². The molecule has 0 bridgehead atoms. The van der Waals surface area contributed by atoms with E-state index >= 15 is 0 Å². The molecule has 0 aliphatic rings. The minimum Gasteiger partial charge on any atom is -0.445 e. The Bertz CT molecular complexity index is 1350. The van der Waals surface area contributed by atoms with Gasteiger partial charge in [-0.1, -0.05) is 12.1 Å². The lowest BCUT2D eigenvalue weighted by molar-refractivity contribution is 0.102. The van der Waals surface area contributed by atoms with Crippen molar-refractivity contribution in [2.45, 2.75) is 6.92 Å². The highest BCUT2D eigenvalue weighted by molar-refractivity contribution is 7.13. The van der Waals surface area contributed by atoms with Crippen LogP contribution in [0.1, 0.15) is 16.1 Å². The van der Waals surface area contributed by atoms with Gasteiger partial charge in [0.05, 0.1) is 33.4 Å². The number of fused-ring (bicyclic) bond motifs is 1. The van der Waals surface area contributed by atoms with Crippen molar-refractivity contribution in [1.82, 2.24) is 19.7 Å². The molecule has 7 nitrogen and oxygen atoms in total. The number of thiophene rings is 1. The van der Waals surface area contributed by atoms with Crippen LogP contribution in [0, 0.1) is 6.92 Å². The number of carbonyl (C=O) groups is 1. The molecule has 1 amide bonds. The second kappa shape index (κ2) is 7.23. The molecule has 1 N–H and O–H groups in total. The van der Waals surface area contributed by atoms with E-state index in [1.807, 2.05) is 61.8 Å². The van der Waals surface area contributed by atoms with Gasteiger partial charge in [0, 0.05) is 18.3 Å². The van der Waals surface area contributed by atoms with E-state index in [2.05, 4.69) is 15.4 Å². The van der Waals surface area contributed by atoms with Crippen LogP contribution in [-0.2, 0) is 7.05 Å². The summed E-state index contributed by atoms with van der Waals surface area (Å²) in [4.78, 5) is 23.2. The number of benzene rings is 1. The molecule has 5 aromatic rings. The van der Waals surface area contributed by atoms with Crippen LogP contribution in [0.25, 0.3) is 33.1 Å². The quantitative estimate of drug-likeness (QED) is 0.451. The van der Waals surface area contributed by atoms with Crippen molar-refractivity contribution in [3.8, 4) is 22.0 Å². The van der Waals surface area contributed by atoms with Gasteiger partial charge in [-0.2, -0.15) is 5.10 Å². The van der Waals surface area contributed by atoms with E-state index in [4.69, 9.17) is 9.40 Å². The fraction of sp³-hybridized carbons (Fsp3) is 0.0909. The number of nitrogens with one attached hydrogen (secondary N) is 1. The highest BCUT2D eigenvalue weighted by atomic mass is 32.1. The smallest absolute Gasteiger partial charge is 0.256 e. The molecule has 0 aliphatic heterocycles. The van der Waals surface area contributed by atoms with E-state index in [1.165, 1.54) is 6.26 Å². The van der Waals surface area contributed by atoms with Crippen molar-refractivity contribution in [2.75, 3.05) is 5.32 Å². The van der Waals surface area contributed by atoms with Gasteiger partial charge in [-0.3, -0.25) is 9.48 Å². The maximum Gasteiger partial charge on any atom is 0.256 e. The minimum absolute atomic E-state index is 0.221. The second-order valence-corrected chi connectivity index (χ2v) is 7.76. The minimum atomic E-state index is -0.221. The molecule has 4 heterocycles. The zero-order valence-corrected chi connectivity index (χ0v) is 17.1. The standard InChI is InChI=1S/C22H17N5O2S/c1-13-19-16(12-17(18-7-4-10-30-18)25-20(19)27(2)26-13)21(28)24-15-6-3-5-14(11-15)22-23-8-9-29-22/h3-12H,1-2H3,(H,24,28). The number of hydrogen-bond donors (Lipinski definition) is 1. The van der Waals surface area contributed by atoms with Crippen molar-refractivity contribution >= 4 is 34.0 Å². The second-order valence-electron chi connectivity index (χ2n) is 6.81. The first kappa shape index (κ1) is 18.3. The Kier molecular flexibility index (Phi) is 4.40. The average molecular weight is 415 g/mol. The van der Waals surface area contributed by atoms with E-state index in [0.29, 0.717) is 22.8 Å². The first-order valence-electron chi connectivity index (χ1n) is 9.29. The first-order chi connectivity index (χ1) is 14.6. The summed E-state index contributed by atoms with van der Waals surface area (Å²) in [6.07, 6.45) is 3.11. The van der Waals surface area contributed by atoms with E-state index in [1.54, 1.807) is 22.2 Å². The third-order valence-electron chi connectivity index (χ3n) is 4.79. The van der Waals surface area contributed by atoms with Crippen LogP contribution in [0.4, 0.5) is 5.69 Å². The summed E-state index contributed by atoms with van der Waals surface area (Å²) in [6, 6.07) is 13.2. The van der Waals surface area contributed by atoms with Crippen molar-refractivity contribution in [3.05, 3.63) is 71.6 Å². The first-order valence-corrected chi connectivity index (χ1v) is 10.2. The van der Waals surface area contributed by atoms with Crippen molar-refractivity contribution < 1.29 is 9.21 Å². The SMILES string of the molecule is Cc1nn(C)c2nc(-c3cccs3)cc(C(=O)Nc3cccc(-c4ncco4)c3)c12. The summed E-state index contributed by atoms with van der Waals surface area (Å²) < 4.78 is 7.07. The fourth-order valence-electron chi connectivity index (χ4n) is 3.47. The van der Waals surface area contributed by atoms with E-state index in [-0.39, 0.29) is 5.91 Å². The number of carbonyl (C=O) groups excluding carboxylic acids is 1. The molecule has 0 fully saturated rings. The third kappa shape index (κ3) is 3.17. The van der Waals surface area contributed by atoms with E-state index < -0.39 is 0 Å². The zero-order valence-electron chi connectivity index (χ0n) is 16.3. The molecule has 5 rings (SSSR count). The average Bonchev–Trinajstić information content (AvgIpc) is 3.50. The van der Waals surface area contributed by atoms with Crippen molar-refractivity contribution in [2.24, 2.45) is 7.05 Å². The molecule has 1 aromatic carbocycles. The molecule has 30 heavy (non-hydrogen) atoms. The topological polar surface area (TPSA) is 85.8 Å². The summed E-state index contributed by atoms with van der Waals surface area (Å²) in [6.45, 7) is 1.88. The molecule has 0 saturated heterocycles. The number of anilines is 1. The van der Waals surface area contributed by atoms with Crippen molar-refractivity contribution in [1.29, 1.82) is 0 Å². The molecule has 0 spiro atoms. The predicted octanol–water partition coefficient (Wildman–Crippen LogP) is 4.91. The van der Waals surface area contributed by atoms with Crippen LogP contribution in [-0.4, -0.2) is 25.7 Å². The third-order valence-corrected chi connectivity index (χ3v) is 5.68. The lowest BCUT2D eigenvalue weighted by Crippen LogP contribution is -2.13. The summed E-state index contributed by atoms with van der Waals surface area (Å²) in [5.41, 5.74) is 4.16. The highest BCUT2D eigenvalue weighted by Gasteiger charge is 2.20. The van der Waals surface area contributed by atoms with Gasteiger partial charge in [0.15, 0.2) is 5.65 Å². The number of aromatic nitrogens is 4. The molecular formula is C22H17N5O2S. The largest absolute Gasteiger partial charge is 0.445 e. The van der Waals surface area contributed by atoms with Gasteiger partial charge in [-0.15, -0.1) is 11.3 Å². The van der Waals surface area contributed by atoms with Crippen LogP contribution in [0.15, 0.2) is 64.7 Å². The number of nitrogens with zero attached hydrogens (tertiary/aromatic N) is 4. The van der Waals surface area contributed by atoms with Gasteiger partial charge in [0.25, 0.3) is 5.91 Å². The van der Waals surface area contributed by atoms with E-state index in [9.17, 15) is 4.79 Å². The number of amides is 1. The van der Waals surface area contributed by atoms with Crippen molar-refractivity contribution in [3.63, 3.8) is 0 Å². The lowest BCUT2D eigenvalue weighted by atomic mass is 10.1. The lowest BCUT2D eigenvalue weighted by Gasteiger charge is -2.09. The Hall–Kier alpha value is -3.78. The highest BCUT2D eigenvalue weighted by Crippen LogP contribution is 2.30. The van der Waals surface area contributed by atoms with Gasteiger partial charge in [-0.25, -0.2) is 9.97 Å². The summed E-state index contributed by atoms with van der Waals surface area (Å²) in [7, 11) is 1.84. The molecule has 0 radical (unpaired) electrons. The number of rotatable bonds is 4. The molecule has 0 atom stereocenters. The summed E-state index contributed by atoms with van der Waals surface area (Å²) in [5, 5.41) is 10.2. The molecule has 0 saturated carbocycles. The Labute approximate surface area is 176 Å². The number of pyridine rings is 1. The van der Waals surface area contributed by atoms with Gasteiger partial charge in [0.2, 0.25) is 5.89 Å². The monoisotopic (exact) mass is 415 g/mol. The molecule has 8 heteroatoms. The van der Waals surface area contributed by atoms with E-state index in [0.717, 1.165) is 27.2 Å². The molecule has 148 valence electrons. The predicted molar refractivity (Wildman–Crippen MR) is 116 cm³/mol. The zero-order chi connectivity index (χ0) is 20.7. The maximum atomic E-state index is 13.3. The normalized spacial score (nSPS) is 11.1. The number of aryl methyl sites for hydroxylation is 2. The Balaban J connectivity index is 1.57. The number of hydrogen-bond acceptors (Lipinski definition) is 6. The maximum absolute atomic E-state index is 13.3. The van der Waals surface area contributed by atoms with Crippen LogP contribution in [0.2, 0.25) is 0 Å². The van der Waals surface area contributed by atoms with Crippen LogP contribution < -0.4 is 5.32 Å². The van der Waals surface area contributed by atoms with Crippen LogP contribution >= 0.6 is 11.3 Å². The van der Waals surface area contributed by atoms with Gasteiger partial charge >= 0.3 is 0 Å². The Morgan fingerprint density at radius 1 is 1.20 bits per heavy atom. The fourth-order valence-corrected chi connectivity index (χ4v) is 4.16. The Morgan fingerprint density at radius 2 is 2.10 bits per heavy atom. The molecule has 0 aliphatic carbocycles. The summed E-state index contributed by atoms with van der Waals surface area (Å²) in [5.74, 6) is 0.279. The van der Waals surface area contributed by atoms with Gasteiger partial charge in [0.1, 0.15) is 6.26 Å². The number of oxazole rings is 1. The van der Waals surface area contributed by atoms with Gasteiger partial charge in [-0.05, 0) is 42.6 Å². The summed E-state index contributed by atoms with van der Waals surface area (Å²) >= 11 is 1.58. The molecule has 4 aromatic heterocycles. The van der Waals surface area contributed by atoms with Crippen LogP contribution in [0.5, 0.6) is 0 Å².